The molecule has 94 valence electrons. The van der Waals surface area contributed by atoms with Gasteiger partial charge < -0.3 is 0 Å². The number of hydrogen-bond acceptors (Lipinski definition) is 3. The van der Waals surface area contributed by atoms with Crippen LogP contribution in [0.3, 0.4) is 0 Å². The SMILES string of the molecule is NS(=O)(=O)C1C2=CC=NC=C[C@@H]2[C@H]2CC=CC=C12. The van der Waals surface area contributed by atoms with E-state index in [2.05, 4.69) is 11.1 Å². The molecular formula is C13H14N2O2S. The Kier molecular flexibility index (Phi) is 2.60. The molecule has 0 radical (unpaired) electrons. The van der Waals surface area contributed by atoms with Gasteiger partial charge in [0.25, 0.3) is 0 Å². The third-order valence-corrected chi connectivity index (χ3v) is 4.93. The van der Waals surface area contributed by atoms with E-state index in [1.165, 1.54) is 0 Å². The van der Waals surface area contributed by atoms with Crippen molar-refractivity contribution in [3.05, 3.63) is 47.7 Å². The molecule has 0 spiro atoms. The van der Waals surface area contributed by atoms with Crippen LogP contribution in [0.2, 0.25) is 0 Å². The second-order valence-electron chi connectivity index (χ2n) is 4.74. The lowest BCUT2D eigenvalue weighted by Crippen LogP contribution is -2.29. The largest absolute Gasteiger partial charge is 0.265 e. The number of hydrogen-bond donors (Lipinski definition) is 1. The van der Waals surface area contributed by atoms with Gasteiger partial charge in [-0.3, -0.25) is 4.99 Å². The molecule has 4 nitrogen and oxygen atoms in total. The Hall–Kier alpha value is -1.46. The van der Waals surface area contributed by atoms with Gasteiger partial charge in [0.05, 0.1) is 0 Å². The molecule has 0 aromatic rings. The first-order valence-corrected chi connectivity index (χ1v) is 7.48. The molecule has 0 bridgehead atoms. The highest BCUT2D eigenvalue weighted by Crippen LogP contribution is 2.47. The van der Waals surface area contributed by atoms with E-state index < -0.39 is 15.3 Å². The van der Waals surface area contributed by atoms with Crippen molar-refractivity contribution in [2.75, 3.05) is 0 Å². The van der Waals surface area contributed by atoms with Crippen molar-refractivity contribution in [2.45, 2.75) is 11.7 Å². The quantitative estimate of drug-likeness (QED) is 0.773. The molecule has 1 unspecified atom stereocenters. The Labute approximate surface area is 106 Å². The van der Waals surface area contributed by atoms with Crippen LogP contribution in [0.25, 0.3) is 0 Å². The second kappa shape index (κ2) is 4.03. The van der Waals surface area contributed by atoms with Gasteiger partial charge in [-0.05, 0) is 29.6 Å². The number of sulfonamides is 1. The minimum Gasteiger partial charge on any atom is -0.265 e. The van der Waals surface area contributed by atoms with Crippen LogP contribution < -0.4 is 5.14 Å². The summed E-state index contributed by atoms with van der Waals surface area (Å²) in [7, 11) is -3.63. The standard InChI is InChI=1S/C13H14N2O2S/c14-18(16,17)13-11-4-2-1-3-9(11)10-5-7-15-8-6-12(10)13/h1-2,4-10,13H,3H2,(H2,14,16,17)/t9-,10-,13?/m1/s1. The molecule has 2 N–H and O–H groups in total. The highest BCUT2D eigenvalue weighted by molar-refractivity contribution is 7.90. The molecule has 1 fully saturated rings. The summed E-state index contributed by atoms with van der Waals surface area (Å²) in [5.74, 6) is 0.287. The van der Waals surface area contributed by atoms with Gasteiger partial charge in [0.2, 0.25) is 10.0 Å². The summed E-state index contributed by atoms with van der Waals surface area (Å²) in [6, 6.07) is 0. The summed E-state index contributed by atoms with van der Waals surface area (Å²) in [4.78, 5) is 4.05. The van der Waals surface area contributed by atoms with E-state index in [4.69, 9.17) is 5.14 Å². The number of nitrogens with two attached hydrogens (primary N) is 1. The van der Waals surface area contributed by atoms with E-state index in [0.29, 0.717) is 0 Å². The van der Waals surface area contributed by atoms with Crippen molar-refractivity contribution in [3.63, 3.8) is 0 Å². The summed E-state index contributed by atoms with van der Waals surface area (Å²) in [6.07, 6.45) is 13.8. The van der Waals surface area contributed by atoms with Crippen LogP contribution in [0.15, 0.2) is 52.7 Å². The van der Waals surface area contributed by atoms with E-state index in [1.54, 1.807) is 18.5 Å². The highest BCUT2D eigenvalue weighted by Gasteiger charge is 2.46. The first-order chi connectivity index (χ1) is 8.59. The molecule has 2 aliphatic carbocycles. The lowest BCUT2D eigenvalue weighted by Gasteiger charge is -2.18. The molecule has 1 saturated carbocycles. The maximum absolute atomic E-state index is 11.9. The fraction of sp³-hybridized carbons (Fsp3) is 0.308. The molecule has 0 amide bonds. The van der Waals surface area contributed by atoms with Crippen molar-refractivity contribution >= 4 is 16.2 Å². The summed E-state index contributed by atoms with van der Waals surface area (Å²) in [5.41, 5.74) is 1.76. The van der Waals surface area contributed by atoms with Gasteiger partial charge in [0, 0.05) is 18.3 Å². The van der Waals surface area contributed by atoms with E-state index in [0.717, 1.165) is 17.6 Å². The van der Waals surface area contributed by atoms with Gasteiger partial charge in [-0.15, -0.1) is 0 Å². The monoisotopic (exact) mass is 262 g/mol. The van der Waals surface area contributed by atoms with E-state index >= 15 is 0 Å². The van der Waals surface area contributed by atoms with Crippen LogP contribution in [0.5, 0.6) is 0 Å². The average Bonchev–Trinajstić information content (AvgIpc) is 2.47. The van der Waals surface area contributed by atoms with Crippen molar-refractivity contribution in [2.24, 2.45) is 22.0 Å². The first kappa shape index (κ1) is 11.6. The third-order valence-electron chi connectivity index (χ3n) is 3.73. The zero-order valence-electron chi connectivity index (χ0n) is 9.73. The number of primary sulfonamides is 1. The summed E-state index contributed by atoms with van der Waals surface area (Å²) in [5, 5.41) is 4.72. The van der Waals surface area contributed by atoms with Crippen molar-refractivity contribution in [1.29, 1.82) is 0 Å². The lowest BCUT2D eigenvalue weighted by atomic mass is 9.86. The Morgan fingerprint density at radius 3 is 2.89 bits per heavy atom. The molecule has 0 saturated heterocycles. The van der Waals surface area contributed by atoms with Gasteiger partial charge in [-0.25, -0.2) is 13.6 Å². The average molecular weight is 262 g/mol. The van der Waals surface area contributed by atoms with Crippen LogP contribution in [0, 0.1) is 11.8 Å². The molecule has 18 heavy (non-hydrogen) atoms. The molecular weight excluding hydrogens is 248 g/mol. The number of allylic oxidation sites excluding steroid dienone is 5. The molecule has 1 heterocycles. The first-order valence-electron chi connectivity index (χ1n) is 5.87. The third kappa shape index (κ3) is 1.71. The molecule has 0 aromatic carbocycles. The molecule has 3 atom stereocenters. The van der Waals surface area contributed by atoms with E-state index in [-0.39, 0.29) is 11.8 Å². The summed E-state index contributed by atoms with van der Waals surface area (Å²) >= 11 is 0. The van der Waals surface area contributed by atoms with Crippen LogP contribution in [0.4, 0.5) is 0 Å². The molecule has 3 aliphatic rings. The summed E-state index contributed by atoms with van der Waals surface area (Å²) < 4.78 is 23.7. The fourth-order valence-electron chi connectivity index (χ4n) is 3.04. The van der Waals surface area contributed by atoms with Crippen LogP contribution in [0.1, 0.15) is 6.42 Å². The molecule has 0 aromatic heterocycles. The Morgan fingerprint density at radius 2 is 2.11 bits per heavy atom. The Balaban J connectivity index is 2.19. The van der Waals surface area contributed by atoms with Crippen LogP contribution >= 0.6 is 0 Å². The Morgan fingerprint density at radius 1 is 1.28 bits per heavy atom. The Bertz CT molecular complexity index is 623. The number of aliphatic imine (C=N–C) groups is 1. The van der Waals surface area contributed by atoms with Crippen molar-refractivity contribution < 1.29 is 8.42 Å². The summed E-state index contributed by atoms with van der Waals surface area (Å²) in [6.45, 7) is 0. The van der Waals surface area contributed by atoms with Gasteiger partial charge in [-0.2, -0.15) is 0 Å². The topological polar surface area (TPSA) is 72.5 Å². The predicted molar refractivity (Wildman–Crippen MR) is 71.4 cm³/mol. The minimum atomic E-state index is -3.63. The fourth-order valence-corrected chi connectivity index (χ4v) is 4.29. The minimum absolute atomic E-state index is 0.0898. The van der Waals surface area contributed by atoms with Crippen molar-refractivity contribution in [3.8, 4) is 0 Å². The normalized spacial score (nSPS) is 33.5. The van der Waals surface area contributed by atoms with E-state index in [1.807, 2.05) is 18.2 Å². The highest BCUT2D eigenvalue weighted by atomic mass is 32.2. The molecule has 5 heteroatoms. The van der Waals surface area contributed by atoms with Gasteiger partial charge in [0.1, 0.15) is 5.25 Å². The van der Waals surface area contributed by atoms with Gasteiger partial charge in [-0.1, -0.05) is 24.3 Å². The lowest BCUT2D eigenvalue weighted by molar-refractivity contribution is 0.558. The van der Waals surface area contributed by atoms with Crippen molar-refractivity contribution in [1.82, 2.24) is 0 Å². The maximum Gasteiger partial charge on any atom is 0.219 e. The zero-order chi connectivity index (χ0) is 12.8. The number of fused-ring (bicyclic) bond motifs is 3. The predicted octanol–water partition coefficient (Wildman–Crippen LogP) is 1.30. The smallest absolute Gasteiger partial charge is 0.219 e. The number of nitrogens with zero attached hydrogens (tertiary/aromatic N) is 1. The maximum atomic E-state index is 11.9. The second-order valence-corrected chi connectivity index (χ2v) is 6.39. The molecule has 1 aliphatic heterocycles. The van der Waals surface area contributed by atoms with Gasteiger partial charge in [0.15, 0.2) is 0 Å². The van der Waals surface area contributed by atoms with Crippen LogP contribution in [-0.2, 0) is 10.0 Å². The number of rotatable bonds is 1. The zero-order valence-corrected chi connectivity index (χ0v) is 10.5. The van der Waals surface area contributed by atoms with Gasteiger partial charge >= 0.3 is 0 Å². The molecule has 3 rings (SSSR count). The van der Waals surface area contributed by atoms with Crippen LogP contribution in [-0.4, -0.2) is 19.9 Å². The van der Waals surface area contributed by atoms with E-state index in [9.17, 15) is 8.42 Å².